The molecule has 0 bridgehead atoms. The summed E-state index contributed by atoms with van der Waals surface area (Å²) in [6.07, 6.45) is 1.79. The number of aliphatic imine (C=N–C) groups is 1. The number of nitrogens with zero attached hydrogens (tertiary/aromatic N) is 2. The first-order valence-corrected chi connectivity index (χ1v) is 5.68. The van der Waals surface area contributed by atoms with Crippen molar-refractivity contribution in [2.75, 3.05) is 7.05 Å². The summed E-state index contributed by atoms with van der Waals surface area (Å²) in [6.45, 7) is 1.82. The summed E-state index contributed by atoms with van der Waals surface area (Å²) in [6, 6.07) is 7.75. The minimum atomic E-state index is -0.0552. The van der Waals surface area contributed by atoms with E-state index in [1.165, 1.54) is 0 Å². The summed E-state index contributed by atoms with van der Waals surface area (Å²) in [5, 5.41) is 0. The van der Waals surface area contributed by atoms with Gasteiger partial charge < -0.3 is 0 Å². The number of hydrogen-bond donors (Lipinski definition) is 0. The Morgan fingerprint density at radius 2 is 1.94 bits per heavy atom. The molecule has 3 nitrogen and oxygen atoms in total. The first kappa shape index (κ1) is 11.1. The molecule has 1 heterocycles. The smallest absolute Gasteiger partial charge is 0.277 e. The van der Waals surface area contributed by atoms with Crippen molar-refractivity contribution >= 4 is 33.7 Å². The first-order chi connectivity index (χ1) is 7.58. The van der Waals surface area contributed by atoms with Crippen LogP contribution in [-0.4, -0.2) is 23.7 Å². The quantitative estimate of drug-likeness (QED) is 0.727. The molecule has 82 valence electrons. The lowest BCUT2D eigenvalue weighted by Crippen LogP contribution is -2.25. The van der Waals surface area contributed by atoms with Gasteiger partial charge in [0.2, 0.25) is 0 Å². The van der Waals surface area contributed by atoms with Crippen LogP contribution in [-0.2, 0) is 4.79 Å². The SMILES string of the molecule is CC1=NC(=Cc2ccc(Br)cc2)C(=O)N1C. The van der Waals surface area contributed by atoms with Crippen LogP contribution in [0.5, 0.6) is 0 Å². The van der Waals surface area contributed by atoms with Crippen molar-refractivity contribution in [2.45, 2.75) is 6.92 Å². The Bertz CT molecular complexity index is 488. The molecular formula is C12H11BrN2O. The van der Waals surface area contributed by atoms with Crippen molar-refractivity contribution in [1.29, 1.82) is 0 Å². The zero-order valence-corrected chi connectivity index (χ0v) is 10.7. The summed E-state index contributed by atoms with van der Waals surface area (Å²) >= 11 is 3.37. The molecule has 0 spiro atoms. The van der Waals surface area contributed by atoms with Gasteiger partial charge >= 0.3 is 0 Å². The van der Waals surface area contributed by atoms with E-state index in [0.29, 0.717) is 5.70 Å². The minimum absolute atomic E-state index is 0.0552. The number of halogens is 1. The van der Waals surface area contributed by atoms with E-state index in [1.54, 1.807) is 18.0 Å². The van der Waals surface area contributed by atoms with Crippen LogP contribution in [0.3, 0.4) is 0 Å². The van der Waals surface area contributed by atoms with E-state index < -0.39 is 0 Å². The van der Waals surface area contributed by atoms with Gasteiger partial charge in [0.1, 0.15) is 11.5 Å². The maximum Gasteiger partial charge on any atom is 0.277 e. The highest BCUT2D eigenvalue weighted by Crippen LogP contribution is 2.18. The largest absolute Gasteiger partial charge is 0.298 e. The number of amidine groups is 1. The second-order valence-electron chi connectivity index (χ2n) is 3.60. The van der Waals surface area contributed by atoms with E-state index in [1.807, 2.05) is 31.2 Å². The molecule has 0 atom stereocenters. The monoisotopic (exact) mass is 278 g/mol. The van der Waals surface area contributed by atoms with Gasteiger partial charge in [-0.05, 0) is 30.7 Å². The third-order valence-corrected chi connectivity index (χ3v) is 2.99. The Hall–Kier alpha value is -1.42. The molecule has 4 heteroatoms. The number of likely N-dealkylation sites (N-methyl/N-ethyl adjacent to an activating group) is 1. The average Bonchev–Trinajstić information content (AvgIpc) is 2.50. The van der Waals surface area contributed by atoms with Gasteiger partial charge in [-0.2, -0.15) is 0 Å². The maximum atomic E-state index is 11.7. The number of carbonyl (C=O) groups is 1. The van der Waals surface area contributed by atoms with E-state index in [9.17, 15) is 4.79 Å². The zero-order chi connectivity index (χ0) is 11.7. The molecule has 0 N–H and O–H groups in total. The summed E-state index contributed by atoms with van der Waals surface area (Å²) < 4.78 is 1.02. The van der Waals surface area contributed by atoms with Crippen molar-refractivity contribution in [3.63, 3.8) is 0 Å². The second-order valence-corrected chi connectivity index (χ2v) is 4.52. The predicted molar refractivity (Wildman–Crippen MR) is 68.0 cm³/mol. The van der Waals surface area contributed by atoms with Gasteiger partial charge in [-0.25, -0.2) is 4.99 Å². The van der Waals surface area contributed by atoms with Crippen molar-refractivity contribution in [2.24, 2.45) is 4.99 Å². The van der Waals surface area contributed by atoms with Gasteiger partial charge in [0.05, 0.1) is 0 Å². The van der Waals surface area contributed by atoms with Crippen LogP contribution in [0.15, 0.2) is 39.4 Å². The van der Waals surface area contributed by atoms with Gasteiger partial charge in [0, 0.05) is 11.5 Å². The highest BCUT2D eigenvalue weighted by Gasteiger charge is 2.23. The van der Waals surface area contributed by atoms with Gasteiger partial charge in [-0.15, -0.1) is 0 Å². The highest BCUT2D eigenvalue weighted by atomic mass is 79.9. The first-order valence-electron chi connectivity index (χ1n) is 4.88. The Labute approximate surface area is 103 Å². The minimum Gasteiger partial charge on any atom is -0.298 e. The fraction of sp³-hybridized carbons (Fsp3) is 0.167. The molecule has 1 aliphatic heterocycles. The number of hydrogen-bond acceptors (Lipinski definition) is 2. The molecule has 0 unspecified atom stereocenters. The van der Waals surface area contributed by atoms with Gasteiger partial charge in [0.25, 0.3) is 5.91 Å². The van der Waals surface area contributed by atoms with Crippen molar-refractivity contribution in [1.82, 2.24) is 4.90 Å². The lowest BCUT2D eigenvalue weighted by atomic mass is 10.2. The lowest BCUT2D eigenvalue weighted by molar-refractivity contribution is -0.121. The van der Waals surface area contributed by atoms with Gasteiger partial charge in [-0.1, -0.05) is 28.1 Å². The Morgan fingerprint density at radius 1 is 1.31 bits per heavy atom. The van der Waals surface area contributed by atoms with Crippen LogP contribution in [0.25, 0.3) is 6.08 Å². The number of benzene rings is 1. The topological polar surface area (TPSA) is 32.7 Å². The van der Waals surface area contributed by atoms with E-state index >= 15 is 0 Å². The van der Waals surface area contributed by atoms with E-state index in [2.05, 4.69) is 20.9 Å². The third kappa shape index (κ3) is 2.07. The summed E-state index contributed by atoms with van der Waals surface area (Å²) in [5.41, 5.74) is 1.46. The van der Waals surface area contributed by atoms with Crippen molar-refractivity contribution < 1.29 is 4.79 Å². The average molecular weight is 279 g/mol. The summed E-state index contributed by atoms with van der Waals surface area (Å²) in [7, 11) is 1.73. The fourth-order valence-electron chi connectivity index (χ4n) is 1.43. The van der Waals surface area contributed by atoms with E-state index in [4.69, 9.17) is 0 Å². The zero-order valence-electron chi connectivity index (χ0n) is 9.07. The molecule has 1 amide bonds. The van der Waals surface area contributed by atoms with Crippen molar-refractivity contribution in [3.05, 3.63) is 40.0 Å². The molecule has 2 rings (SSSR count). The fourth-order valence-corrected chi connectivity index (χ4v) is 1.69. The van der Waals surface area contributed by atoms with Crippen LogP contribution in [0, 0.1) is 0 Å². The van der Waals surface area contributed by atoms with Crippen molar-refractivity contribution in [3.8, 4) is 0 Å². The molecule has 0 aliphatic carbocycles. The van der Waals surface area contributed by atoms with Gasteiger partial charge in [0.15, 0.2) is 0 Å². The summed E-state index contributed by atoms with van der Waals surface area (Å²) in [5.74, 6) is 0.675. The van der Waals surface area contributed by atoms with Crippen LogP contribution >= 0.6 is 15.9 Å². The maximum absolute atomic E-state index is 11.7. The number of carbonyl (C=O) groups excluding carboxylic acids is 1. The molecule has 16 heavy (non-hydrogen) atoms. The Morgan fingerprint density at radius 3 is 2.44 bits per heavy atom. The molecule has 0 radical (unpaired) electrons. The normalized spacial score (nSPS) is 18.2. The lowest BCUT2D eigenvalue weighted by Gasteiger charge is -2.05. The standard InChI is InChI=1S/C12H11BrN2O/c1-8-14-11(12(16)15(8)2)7-9-3-5-10(13)6-4-9/h3-7H,1-2H3. The highest BCUT2D eigenvalue weighted by molar-refractivity contribution is 9.10. The third-order valence-electron chi connectivity index (χ3n) is 2.46. The molecule has 1 aliphatic rings. The molecule has 1 aromatic rings. The van der Waals surface area contributed by atoms with E-state index in [0.717, 1.165) is 15.9 Å². The van der Waals surface area contributed by atoms with Crippen LogP contribution in [0.1, 0.15) is 12.5 Å². The molecular weight excluding hydrogens is 268 g/mol. The van der Waals surface area contributed by atoms with Crippen LogP contribution in [0.4, 0.5) is 0 Å². The molecule has 0 aromatic heterocycles. The van der Waals surface area contributed by atoms with E-state index in [-0.39, 0.29) is 5.91 Å². The number of rotatable bonds is 1. The predicted octanol–water partition coefficient (Wildman–Crippen LogP) is 2.68. The molecule has 1 aromatic carbocycles. The Balaban J connectivity index is 2.32. The number of amides is 1. The molecule has 0 fully saturated rings. The Kier molecular flexibility index (Phi) is 2.92. The summed E-state index contributed by atoms with van der Waals surface area (Å²) in [4.78, 5) is 17.5. The van der Waals surface area contributed by atoms with Crippen LogP contribution < -0.4 is 0 Å². The van der Waals surface area contributed by atoms with Crippen LogP contribution in [0.2, 0.25) is 0 Å². The van der Waals surface area contributed by atoms with Gasteiger partial charge in [-0.3, -0.25) is 9.69 Å². The second kappa shape index (κ2) is 4.22. The molecule has 0 saturated carbocycles. The molecule has 0 saturated heterocycles.